The highest BCUT2D eigenvalue weighted by Crippen LogP contribution is 2.15. The lowest BCUT2D eigenvalue weighted by Crippen LogP contribution is -2.44. The van der Waals surface area contributed by atoms with Crippen LogP contribution in [0.4, 0.5) is 0 Å². The number of carboxylic acid groups (broad SMARTS) is 1. The van der Waals surface area contributed by atoms with E-state index in [0.29, 0.717) is 6.61 Å². The van der Waals surface area contributed by atoms with Crippen molar-refractivity contribution in [2.75, 3.05) is 6.61 Å². The fraction of sp³-hybridized carbons (Fsp3) is 0.700. The second-order valence-electron chi connectivity index (χ2n) is 4.12. The molecule has 3 atom stereocenters. The van der Waals surface area contributed by atoms with Crippen LogP contribution in [-0.4, -0.2) is 47.6 Å². The van der Waals surface area contributed by atoms with Gasteiger partial charge in [0.05, 0.1) is 12.1 Å². The average Bonchev–Trinajstić information content (AvgIpc) is 2.88. The first-order valence-electron chi connectivity index (χ1n) is 5.46. The standard InChI is InChI=1S/C10H14N2O5/c1-5-6(2-3-16-5)11-9(13)8-4-7(10(14)15)12-17-8/h5-6,8H,2-4H2,1H3,(H,11,13)(H,14,15). The van der Waals surface area contributed by atoms with E-state index in [1.165, 1.54) is 0 Å². The van der Waals surface area contributed by atoms with Crippen LogP contribution >= 0.6 is 0 Å². The van der Waals surface area contributed by atoms with E-state index in [2.05, 4.69) is 10.5 Å². The number of amides is 1. The Kier molecular flexibility index (Phi) is 3.28. The van der Waals surface area contributed by atoms with Crippen LogP contribution in [0.25, 0.3) is 0 Å². The summed E-state index contributed by atoms with van der Waals surface area (Å²) in [4.78, 5) is 27.1. The average molecular weight is 242 g/mol. The van der Waals surface area contributed by atoms with Crippen molar-refractivity contribution in [2.24, 2.45) is 5.16 Å². The van der Waals surface area contributed by atoms with Crippen molar-refractivity contribution >= 4 is 17.6 Å². The molecule has 2 heterocycles. The largest absolute Gasteiger partial charge is 0.477 e. The summed E-state index contributed by atoms with van der Waals surface area (Å²) in [6.45, 7) is 2.50. The highest BCUT2D eigenvalue weighted by molar-refractivity contribution is 6.36. The molecule has 2 rings (SSSR count). The lowest BCUT2D eigenvalue weighted by molar-refractivity contribution is -0.132. The van der Waals surface area contributed by atoms with Crippen molar-refractivity contribution in [3.05, 3.63) is 0 Å². The Morgan fingerprint density at radius 3 is 2.82 bits per heavy atom. The van der Waals surface area contributed by atoms with Crippen LogP contribution in [0.3, 0.4) is 0 Å². The van der Waals surface area contributed by atoms with Gasteiger partial charge in [-0.2, -0.15) is 0 Å². The second kappa shape index (κ2) is 4.70. The molecule has 0 aliphatic carbocycles. The lowest BCUT2D eigenvalue weighted by atomic mass is 10.1. The minimum Gasteiger partial charge on any atom is -0.477 e. The molecule has 7 heteroatoms. The molecule has 1 saturated heterocycles. The number of ether oxygens (including phenoxy) is 1. The van der Waals surface area contributed by atoms with Gasteiger partial charge < -0.3 is 20.0 Å². The van der Waals surface area contributed by atoms with Gasteiger partial charge in [-0.25, -0.2) is 4.79 Å². The molecule has 0 radical (unpaired) electrons. The third-order valence-corrected chi connectivity index (χ3v) is 2.91. The molecule has 0 aromatic carbocycles. The van der Waals surface area contributed by atoms with Gasteiger partial charge in [-0.1, -0.05) is 5.16 Å². The number of oxime groups is 1. The fourth-order valence-electron chi connectivity index (χ4n) is 1.84. The first-order chi connectivity index (χ1) is 8.08. The monoisotopic (exact) mass is 242 g/mol. The van der Waals surface area contributed by atoms with E-state index < -0.39 is 12.1 Å². The summed E-state index contributed by atoms with van der Waals surface area (Å²) in [5, 5.41) is 14.8. The maximum atomic E-state index is 11.8. The number of carbonyl (C=O) groups is 2. The number of nitrogens with zero attached hydrogens (tertiary/aromatic N) is 1. The SMILES string of the molecule is CC1OCCC1NC(=O)C1CC(C(=O)O)=NO1. The number of nitrogens with one attached hydrogen (secondary N) is 1. The van der Waals surface area contributed by atoms with Crippen LogP contribution in [0.5, 0.6) is 0 Å². The summed E-state index contributed by atoms with van der Waals surface area (Å²) >= 11 is 0. The van der Waals surface area contributed by atoms with E-state index in [0.717, 1.165) is 6.42 Å². The molecule has 1 fully saturated rings. The molecule has 3 unspecified atom stereocenters. The topological polar surface area (TPSA) is 97.2 Å². The molecule has 0 aromatic heterocycles. The van der Waals surface area contributed by atoms with Crippen LogP contribution in [0, 0.1) is 0 Å². The lowest BCUT2D eigenvalue weighted by Gasteiger charge is -2.17. The number of carbonyl (C=O) groups excluding carboxylic acids is 1. The van der Waals surface area contributed by atoms with E-state index in [1.807, 2.05) is 6.92 Å². The molecule has 0 aromatic rings. The van der Waals surface area contributed by atoms with E-state index >= 15 is 0 Å². The summed E-state index contributed by atoms with van der Waals surface area (Å²) in [7, 11) is 0. The van der Waals surface area contributed by atoms with Crippen LogP contribution in [0.1, 0.15) is 19.8 Å². The zero-order valence-corrected chi connectivity index (χ0v) is 9.38. The molecular weight excluding hydrogens is 228 g/mol. The Morgan fingerprint density at radius 1 is 1.53 bits per heavy atom. The van der Waals surface area contributed by atoms with Gasteiger partial charge in [0.2, 0.25) is 6.10 Å². The normalized spacial score (nSPS) is 31.8. The molecular formula is C10H14N2O5. The van der Waals surface area contributed by atoms with Crippen LogP contribution in [0.2, 0.25) is 0 Å². The number of carboxylic acids is 1. The molecule has 2 N–H and O–H groups in total. The van der Waals surface area contributed by atoms with Gasteiger partial charge in [0, 0.05) is 13.0 Å². The maximum absolute atomic E-state index is 11.8. The summed E-state index contributed by atoms with van der Waals surface area (Å²) in [6, 6.07) is -0.0417. The highest BCUT2D eigenvalue weighted by Gasteiger charge is 2.34. The highest BCUT2D eigenvalue weighted by atomic mass is 16.6. The zero-order chi connectivity index (χ0) is 12.4. The molecule has 17 heavy (non-hydrogen) atoms. The van der Waals surface area contributed by atoms with E-state index in [4.69, 9.17) is 14.7 Å². The van der Waals surface area contributed by atoms with E-state index in [-0.39, 0.29) is 30.2 Å². The summed E-state index contributed by atoms with van der Waals surface area (Å²) < 4.78 is 5.31. The minimum atomic E-state index is -1.15. The van der Waals surface area contributed by atoms with Gasteiger partial charge >= 0.3 is 5.97 Å². The predicted octanol–water partition coefficient (Wildman–Crippen LogP) is -0.490. The minimum absolute atomic E-state index is 0.00310. The van der Waals surface area contributed by atoms with Crippen LogP contribution < -0.4 is 5.32 Å². The molecule has 0 spiro atoms. The molecule has 94 valence electrons. The van der Waals surface area contributed by atoms with E-state index in [9.17, 15) is 9.59 Å². The van der Waals surface area contributed by atoms with Crippen molar-refractivity contribution in [3.8, 4) is 0 Å². The third kappa shape index (κ3) is 2.55. The first kappa shape index (κ1) is 11.8. The van der Waals surface area contributed by atoms with Gasteiger partial charge in [-0.15, -0.1) is 0 Å². The zero-order valence-electron chi connectivity index (χ0n) is 9.38. The molecule has 2 aliphatic heterocycles. The van der Waals surface area contributed by atoms with Crippen molar-refractivity contribution in [3.63, 3.8) is 0 Å². The molecule has 1 amide bonds. The maximum Gasteiger partial charge on any atom is 0.353 e. The van der Waals surface area contributed by atoms with E-state index in [1.54, 1.807) is 0 Å². The summed E-state index contributed by atoms with van der Waals surface area (Å²) in [5.41, 5.74) is -0.124. The van der Waals surface area contributed by atoms with Crippen LogP contribution in [0.15, 0.2) is 5.16 Å². The quantitative estimate of drug-likeness (QED) is 0.696. The number of rotatable bonds is 3. The Balaban J connectivity index is 1.84. The fourth-order valence-corrected chi connectivity index (χ4v) is 1.84. The third-order valence-electron chi connectivity index (χ3n) is 2.91. The second-order valence-corrected chi connectivity index (χ2v) is 4.12. The first-order valence-corrected chi connectivity index (χ1v) is 5.46. The summed E-state index contributed by atoms with van der Waals surface area (Å²) in [6.07, 6.45) is -0.107. The Hall–Kier alpha value is -1.63. The molecule has 2 aliphatic rings. The van der Waals surface area contributed by atoms with Gasteiger partial charge in [0.1, 0.15) is 0 Å². The van der Waals surface area contributed by atoms with Crippen molar-refractivity contribution in [1.82, 2.24) is 5.32 Å². The Labute approximate surface area is 97.8 Å². The number of aliphatic carboxylic acids is 1. The predicted molar refractivity (Wildman–Crippen MR) is 56.5 cm³/mol. The molecule has 7 nitrogen and oxygen atoms in total. The Bertz CT molecular complexity index is 368. The van der Waals surface area contributed by atoms with Crippen molar-refractivity contribution in [1.29, 1.82) is 0 Å². The summed E-state index contributed by atoms with van der Waals surface area (Å²) in [5.74, 6) is -1.50. The Morgan fingerprint density at radius 2 is 2.29 bits per heavy atom. The van der Waals surface area contributed by atoms with Crippen molar-refractivity contribution in [2.45, 2.75) is 38.0 Å². The van der Waals surface area contributed by atoms with Crippen LogP contribution in [-0.2, 0) is 19.2 Å². The molecule has 0 bridgehead atoms. The van der Waals surface area contributed by atoms with Gasteiger partial charge in [-0.05, 0) is 13.3 Å². The molecule has 0 saturated carbocycles. The van der Waals surface area contributed by atoms with Gasteiger partial charge in [0.15, 0.2) is 5.71 Å². The van der Waals surface area contributed by atoms with Gasteiger partial charge in [0.25, 0.3) is 5.91 Å². The number of hydrogen-bond donors (Lipinski definition) is 2. The van der Waals surface area contributed by atoms with Crippen molar-refractivity contribution < 1.29 is 24.3 Å². The van der Waals surface area contributed by atoms with Gasteiger partial charge in [-0.3, -0.25) is 4.79 Å². The number of hydrogen-bond acceptors (Lipinski definition) is 5. The smallest absolute Gasteiger partial charge is 0.353 e.